The van der Waals surface area contributed by atoms with Gasteiger partial charge >= 0.3 is 0 Å². The number of methoxy groups -OCH3 is 1. The van der Waals surface area contributed by atoms with Gasteiger partial charge in [0.2, 0.25) is 0 Å². The quantitative estimate of drug-likeness (QED) is 0.674. The number of nitrogens with zero attached hydrogens (tertiary/aromatic N) is 6. The van der Waals surface area contributed by atoms with Crippen molar-refractivity contribution in [3.63, 3.8) is 0 Å². The molecule has 3 heterocycles. The maximum Gasteiger partial charge on any atom is 0.174 e. The fourth-order valence-electron chi connectivity index (χ4n) is 2.50. The molecule has 0 radical (unpaired) electrons. The van der Waals surface area contributed by atoms with Crippen LogP contribution in [0, 0.1) is 13.8 Å². The molecule has 0 aliphatic rings. The summed E-state index contributed by atoms with van der Waals surface area (Å²) in [5.41, 5.74) is 2.98. The van der Waals surface area contributed by atoms with E-state index in [1.54, 1.807) is 35.5 Å². The Balaban J connectivity index is 1.78. The summed E-state index contributed by atoms with van der Waals surface area (Å²) in [5, 5.41) is 7.50. The number of aromatic nitrogens is 5. The van der Waals surface area contributed by atoms with Crippen molar-refractivity contribution >= 4 is 17.2 Å². The largest absolute Gasteiger partial charge is 0.375 e. The van der Waals surface area contributed by atoms with Crippen LogP contribution in [-0.2, 0) is 11.3 Å². The van der Waals surface area contributed by atoms with Gasteiger partial charge in [0.1, 0.15) is 16.9 Å². The summed E-state index contributed by atoms with van der Waals surface area (Å²) in [6, 6.07) is 2.02. The second kappa shape index (κ2) is 7.28. The molecule has 3 aromatic heterocycles. The van der Waals surface area contributed by atoms with Crippen LogP contribution in [0.2, 0.25) is 0 Å². The van der Waals surface area contributed by atoms with Crippen molar-refractivity contribution in [2.75, 3.05) is 19.1 Å². The van der Waals surface area contributed by atoms with Gasteiger partial charge in [0.05, 0.1) is 30.3 Å². The van der Waals surface area contributed by atoms with Crippen molar-refractivity contribution in [3.05, 3.63) is 45.9 Å². The molecule has 0 amide bonds. The van der Waals surface area contributed by atoms with E-state index in [1.165, 1.54) is 0 Å². The van der Waals surface area contributed by atoms with Gasteiger partial charge in [-0.1, -0.05) is 0 Å². The van der Waals surface area contributed by atoms with E-state index in [1.807, 2.05) is 38.8 Å². The number of aryl methyl sites for hydroxylation is 2. The zero-order valence-electron chi connectivity index (χ0n) is 15.1. The minimum Gasteiger partial charge on any atom is -0.375 e. The molecule has 0 bridgehead atoms. The molecule has 0 aliphatic heterocycles. The van der Waals surface area contributed by atoms with Crippen LogP contribution in [0.5, 0.6) is 0 Å². The lowest BCUT2D eigenvalue weighted by Gasteiger charge is -2.17. The molecule has 3 rings (SSSR count). The molecule has 0 aromatic carbocycles. The SMILES string of the molecule is COC(C)c1nc(CN(C)c2cncc(-n3nc(C)cc3C)n2)cs1. The normalized spacial score (nSPS) is 12.4. The van der Waals surface area contributed by atoms with Crippen LogP contribution in [0.25, 0.3) is 5.82 Å². The average molecular weight is 358 g/mol. The molecular weight excluding hydrogens is 336 g/mol. The van der Waals surface area contributed by atoms with Crippen LogP contribution < -0.4 is 4.90 Å². The smallest absolute Gasteiger partial charge is 0.174 e. The molecule has 7 nitrogen and oxygen atoms in total. The average Bonchev–Trinajstić information content (AvgIpc) is 3.20. The number of thiazole rings is 1. The first kappa shape index (κ1) is 17.5. The van der Waals surface area contributed by atoms with E-state index < -0.39 is 0 Å². The topological polar surface area (TPSA) is 69.0 Å². The first-order valence-electron chi connectivity index (χ1n) is 8.02. The Morgan fingerprint density at radius 2 is 2.08 bits per heavy atom. The van der Waals surface area contributed by atoms with Gasteiger partial charge in [-0.2, -0.15) is 5.10 Å². The summed E-state index contributed by atoms with van der Waals surface area (Å²) in [7, 11) is 3.67. The van der Waals surface area contributed by atoms with Crippen LogP contribution in [0.3, 0.4) is 0 Å². The number of hydrogen-bond donors (Lipinski definition) is 0. The van der Waals surface area contributed by atoms with Gasteiger partial charge in [-0.15, -0.1) is 11.3 Å². The molecular formula is C17H22N6OS. The van der Waals surface area contributed by atoms with Gasteiger partial charge in [0, 0.05) is 25.2 Å². The summed E-state index contributed by atoms with van der Waals surface area (Å²) in [4.78, 5) is 15.7. The summed E-state index contributed by atoms with van der Waals surface area (Å²) in [5.74, 6) is 1.49. The number of ether oxygens (including phenoxy) is 1. The zero-order chi connectivity index (χ0) is 18.0. The summed E-state index contributed by atoms with van der Waals surface area (Å²) in [6.07, 6.45) is 3.48. The van der Waals surface area contributed by atoms with Crippen LogP contribution in [0.1, 0.15) is 35.1 Å². The van der Waals surface area contributed by atoms with Gasteiger partial charge in [-0.3, -0.25) is 4.98 Å². The minimum absolute atomic E-state index is 0.0122. The van der Waals surface area contributed by atoms with E-state index in [-0.39, 0.29) is 6.10 Å². The number of hydrogen-bond acceptors (Lipinski definition) is 7. The maximum atomic E-state index is 5.32. The van der Waals surface area contributed by atoms with Crippen LogP contribution in [0.4, 0.5) is 5.82 Å². The number of anilines is 1. The van der Waals surface area contributed by atoms with Crippen molar-refractivity contribution in [3.8, 4) is 5.82 Å². The lowest BCUT2D eigenvalue weighted by Crippen LogP contribution is -2.19. The molecule has 0 saturated carbocycles. The Labute approximate surface area is 151 Å². The second-order valence-electron chi connectivity index (χ2n) is 5.99. The highest BCUT2D eigenvalue weighted by Gasteiger charge is 2.13. The van der Waals surface area contributed by atoms with Gasteiger partial charge in [0.15, 0.2) is 5.82 Å². The summed E-state index contributed by atoms with van der Waals surface area (Å²) < 4.78 is 7.13. The Kier molecular flexibility index (Phi) is 5.10. The van der Waals surface area contributed by atoms with Crippen molar-refractivity contribution in [2.45, 2.75) is 33.4 Å². The number of rotatable bonds is 6. The van der Waals surface area contributed by atoms with Gasteiger partial charge in [-0.25, -0.2) is 14.6 Å². The lowest BCUT2D eigenvalue weighted by atomic mass is 10.4. The molecule has 1 unspecified atom stereocenters. The predicted molar refractivity (Wildman–Crippen MR) is 98.3 cm³/mol. The van der Waals surface area contributed by atoms with Crippen molar-refractivity contribution in [2.24, 2.45) is 0 Å². The predicted octanol–water partition coefficient (Wildman–Crippen LogP) is 3.08. The van der Waals surface area contributed by atoms with Crippen molar-refractivity contribution < 1.29 is 4.74 Å². The minimum atomic E-state index is 0.0122. The summed E-state index contributed by atoms with van der Waals surface area (Å²) in [6.45, 7) is 6.62. The highest BCUT2D eigenvalue weighted by molar-refractivity contribution is 7.09. The molecule has 3 aromatic rings. The third-order valence-corrected chi connectivity index (χ3v) is 4.95. The third-order valence-electron chi connectivity index (χ3n) is 3.90. The monoisotopic (exact) mass is 358 g/mol. The third kappa shape index (κ3) is 3.85. The Morgan fingerprint density at radius 3 is 2.76 bits per heavy atom. The van der Waals surface area contributed by atoms with Gasteiger partial charge < -0.3 is 9.64 Å². The van der Waals surface area contributed by atoms with Crippen molar-refractivity contribution in [1.82, 2.24) is 24.7 Å². The summed E-state index contributed by atoms with van der Waals surface area (Å²) >= 11 is 1.61. The zero-order valence-corrected chi connectivity index (χ0v) is 15.9. The highest BCUT2D eigenvalue weighted by Crippen LogP contribution is 2.22. The first-order valence-corrected chi connectivity index (χ1v) is 8.90. The second-order valence-corrected chi connectivity index (χ2v) is 6.88. The van der Waals surface area contributed by atoms with E-state index in [9.17, 15) is 0 Å². The van der Waals surface area contributed by atoms with Crippen LogP contribution in [0.15, 0.2) is 23.8 Å². The fraction of sp³-hybridized carbons (Fsp3) is 0.412. The Morgan fingerprint density at radius 1 is 1.28 bits per heavy atom. The molecule has 8 heteroatoms. The first-order chi connectivity index (χ1) is 12.0. The van der Waals surface area contributed by atoms with Gasteiger partial charge in [0.25, 0.3) is 0 Å². The molecule has 0 fully saturated rings. The molecule has 0 saturated heterocycles. The molecule has 0 aliphatic carbocycles. The molecule has 0 N–H and O–H groups in total. The fourth-order valence-corrected chi connectivity index (χ4v) is 3.34. The van der Waals surface area contributed by atoms with Crippen LogP contribution in [-0.4, -0.2) is 38.9 Å². The Hall–Kier alpha value is -2.32. The molecule has 132 valence electrons. The van der Waals surface area contributed by atoms with Crippen molar-refractivity contribution in [1.29, 1.82) is 0 Å². The molecule has 1 atom stereocenters. The molecule has 0 spiro atoms. The standard InChI is InChI=1S/C17H22N6OS/c1-11-6-12(2)23(21-11)16-8-18-7-15(20-16)22(4)9-14-10-25-17(19-14)13(3)24-5/h6-8,10,13H,9H2,1-5H3. The van der Waals surface area contributed by atoms with E-state index in [2.05, 4.69) is 25.4 Å². The molecule has 25 heavy (non-hydrogen) atoms. The highest BCUT2D eigenvalue weighted by atomic mass is 32.1. The van der Waals surface area contributed by atoms with E-state index in [0.717, 1.165) is 27.9 Å². The van der Waals surface area contributed by atoms with Crippen LogP contribution >= 0.6 is 11.3 Å². The Bertz CT molecular complexity index is 858. The van der Waals surface area contributed by atoms with E-state index >= 15 is 0 Å². The van der Waals surface area contributed by atoms with E-state index in [4.69, 9.17) is 4.74 Å². The van der Waals surface area contributed by atoms with Gasteiger partial charge in [-0.05, 0) is 26.8 Å². The van der Waals surface area contributed by atoms with E-state index in [0.29, 0.717) is 12.4 Å². The maximum absolute atomic E-state index is 5.32. The lowest BCUT2D eigenvalue weighted by molar-refractivity contribution is 0.119.